The highest BCUT2D eigenvalue weighted by Gasteiger charge is 1.96. The van der Waals surface area contributed by atoms with Crippen LogP contribution < -0.4 is 0 Å². The Morgan fingerprint density at radius 2 is 1.47 bits per heavy atom. The minimum absolute atomic E-state index is 0.331. The molecular formula is C13H14N2O4. The summed E-state index contributed by atoms with van der Waals surface area (Å²) in [5.41, 5.74) is 0.331. The molecule has 0 aliphatic carbocycles. The van der Waals surface area contributed by atoms with Gasteiger partial charge < -0.3 is 5.11 Å². The van der Waals surface area contributed by atoms with Gasteiger partial charge in [0.2, 0.25) is 12.2 Å². The van der Waals surface area contributed by atoms with Crippen LogP contribution in [0.5, 0.6) is 0 Å². The summed E-state index contributed by atoms with van der Waals surface area (Å²) in [5.74, 6) is -0.879. The minimum Gasteiger partial charge on any atom is -0.478 e. The fraction of sp³-hybridized carbons (Fsp3) is 0.308. The predicted molar refractivity (Wildman–Crippen MR) is 68.6 cm³/mol. The van der Waals surface area contributed by atoms with Gasteiger partial charge in [-0.2, -0.15) is 0 Å². The van der Waals surface area contributed by atoms with E-state index in [2.05, 4.69) is 9.98 Å². The number of carbonyl (C=O) groups excluding carboxylic acids is 2. The number of hydrogen-bond acceptors (Lipinski definition) is 5. The number of carboxylic acids is 1. The molecule has 1 rings (SSSR count). The standard InChI is InChI=1S/C7H6O2.C6H8N2O2/c8-7(9)6-4-2-1-3-5-6;9-5-7-3-1-2-4-8-6-10/h1-5H,(H,8,9);1-4H2. The van der Waals surface area contributed by atoms with Gasteiger partial charge in [-0.05, 0) is 25.0 Å². The van der Waals surface area contributed by atoms with E-state index in [-0.39, 0.29) is 0 Å². The lowest BCUT2D eigenvalue weighted by Crippen LogP contribution is -1.93. The van der Waals surface area contributed by atoms with Crippen molar-refractivity contribution < 1.29 is 19.5 Å². The molecule has 1 N–H and O–H groups in total. The maximum Gasteiger partial charge on any atom is 0.335 e. The largest absolute Gasteiger partial charge is 0.478 e. The second-order valence-corrected chi connectivity index (χ2v) is 3.32. The summed E-state index contributed by atoms with van der Waals surface area (Å²) in [4.78, 5) is 35.9. The highest BCUT2D eigenvalue weighted by molar-refractivity contribution is 5.87. The van der Waals surface area contributed by atoms with Gasteiger partial charge in [0.15, 0.2) is 0 Å². The van der Waals surface area contributed by atoms with Crippen LogP contribution in [0.4, 0.5) is 0 Å². The van der Waals surface area contributed by atoms with Crippen molar-refractivity contribution in [3.8, 4) is 0 Å². The molecule has 0 bridgehead atoms. The van der Waals surface area contributed by atoms with Crippen molar-refractivity contribution in [3.63, 3.8) is 0 Å². The number of benzene rings is 1. The zero-order chi connectivity index (χ0) is 14.3. The second kappa shape index (κ2) is 11.9. The highest BCUT2D eigenvalue weighted by Crippen LogP contribution is 1.96. The lowest BCUT2D eigenvalue weighted by molar-refractivity contribution is 0.0697. The molecule has 0 atom stereocenters. The Morgan fingerprint density at radius 1 is 1.00 bits per heavy atom. The third-order valence-corrected chi connectivity index (χ3v) is 1.94. The topological polar surface area (TPSA) is 96.2 Å². The molecule has 0 aliphatic rings. The van der Waals surface area contributed by atoms with Crippen molar-refractivity contribution in [1.29, 1.82) is 0 Å². The van der Waals surface area contributed by atoms with Crippen LogP contribution in [-0.4, -0.2) is 36.3 Å². The Balaban J connectivity index is 0.000000342. The van der Waals surface area contributed by atoms with E-state index in [9.17, 15) is 14.4 Å². The molecule has 1 aromatic rings. The predicted octanol–water partition coefficient (Wildman–Crippen LogP) is 1.82. The number of carboxylic acid groups (broad SMARTS) is 1. The Kier molecular flexibility index (Phi) is 10.3. The quantitative estimate of drug-likeness (QED) is 0.480. The van der Waals surface area contributed by atoms with Crippen molar-refractivity contribution in [3.05, 3.63) is 35.9 Å². The molecule has 19 heavy (non-hydrogen) atoms. The number of rotatable bonds is 6. The summed E-state index contributed by atoms with van der Waals surface area (Å²) < 4.78 is 0. The molecule has 0 aromatic heterocycles. The van der Waals surface area contributed by atoms with E-state index in [1.54, 1.807) is 30.3 Å². The smallest absolute Gasteiger partial charge is 0.335 e. The summed E-state index contributed by atoms with van der Waals surface area (Å²) in [6.07, 6.45) is 4.38. The minimum atomic E-state index is -0.879. The third kappa shape index (κ3) is 10.3. The number of nitrogens with zero attached hydrogens (tertiary/aromatic N) is 2. The molecule has 0 fully saturated rings. The number of hydrogen-bond donors (Lipinski definition) is 1. The maximum absolute atomic E-state index is 10.2. The summed E-state index contributed by atoms with van der Waals surface area (Å²) in [5, 5.41) is 8.38. The zero-order valence-electron chi connectivity index (χ0n) is 10.3. The number of aromatic carboxylic acids is 1. The van der Waals surface area contributed by atoms with Gasteiger partial charge in [-0.25, -0.2) is 24.4 Å². The first-order valence-corrected chi connectivity index (χ1v) is 5.58. The van der Waals surface area contributed by atoms with Crippen LogP contribution >= 0.6 is 0 Å². The summed E-state index contributed by atoms with van der Waals surface area (Å²) in [6.45, 7) is 0.940. The maximum atomic E-state index is 10.2. The van der Waals surface area contributed by atoms with Crippen molar-refractivity contribution >= 4 is 18.1 Å². The molecule has 0 saturated carbocycles. The van der Waals surface area contributed by atoms with Crippen molar-refractivity contribution in [2.75, 3.05) is 13.1 Å². The van der Waals surface area contributed by atoms with E-state index >= 15 is 0 Å². The van der Waals surface area contributed by atoms with E-state index in [4.69, 9.17) is 5.11 Å². The Labute approximate surface area is 110 Å². The third-order valence-electron chi connectivity index (χ3n) is 1.94. The van der Waals surface area contributed by atoms with Gasteiger partial charge in [0, 0.05) is 0 Å². The molecule has 6 heteroatoms. The number of aliphatic imine (C=N–C) groups is 2. The Hall–Kier alpha value is -2.55. The summed E-state index contributed by atoms with van der Waals surface area (Å²) >= 11 is 0. The number of isocyanates is 2. The van der Waals surface area contributed by atoms with Gasteiger partial charge in [-0.1, -0.05) is 18.2 Å². The van der Waals surface area contributed by atoms with Gasteiger partial charge in [-0.3, -0.25) is 0 Å². The summed E-state index contributed by atoms with van der Waals surface area (Å²) in [7, 11) is 0. The lowest BCUT2D eigenvalue weighted by atomic mass is 10.2. The molecule has 0 unspecified atom stereocenters. The van der Waals surface area contributed by atoms with Gasteiger partial charge in [-0.15, -0.1) is 0 Å². The highest BCUT2D eigenvalue weighted by atomic mass is 16.4. The van der Waals surface area contributed by atoms with Crippen LogP contribution in [0.15, 0.2) is 40.3 Å². The molecule has 0 heterocycles. The Bertz CT molecular complexity index is 441. The molecule has 100 valence electrons. The van der Waals surface area contributed by atoms with Gasteiger partial charge in [0.05, 0.1) is 18.7 Å². The molecule has 0 saturated heterocycles. The lowest BCUT2D eigenvalue weighted by Gasteiger charge is -1.88. The van der Waals surface area contributed by atoms with Gasteiger partial charge in [0.1, 0.15) is 0 Å². The number of carbonyl (C=O) groups is 1. The fourth-order valence-corrected chi connectivity index (χ4v) is 1.05. The van der Waals surface area contributed by atoms with E-state index < -0.39 is 5.97 Å². The number of unbranched alkanes of at least 4 members (excludes halogenated alkanes) is 1. The van der Waals surface area contributed by atoms with Crippen LogP contribution in [0.3, 0.4) is 0 Å². The molecular weight excluding hydrogens is 248 g/mol. The fourth-order valence-electron chi connectivity index (χ4n) is 1.05. The molecule has 6 nitrogen and oxygen atoms in total. The second-order valence-electron chi connectivity index (χ2n) is 3.32. The molecule has 0 aliphatic heterocycles. The average molecular weight is 262 g/mol. The average Bonchev–Trinajstić information content (AvgIpc) is 2.44. The van der Waals surface area contributed by atoms with Crippen LogP contribution in [0, 0.1) is 0 Å². The van der Waals surface area contributed by atoms with E-state index in [1.165, 1.54) is 12.2 Å². The Morgan fingerprint density at radius 3 is 1.79 bits per heavy atom. The first-order chi connectivity index (χ1) is 9.22. The monoisotopic (exact) mass is 262 g/mol. The molecule has 0 amide bonds. The van der Waals surface area contributed by atoms with E-state index in [0.717, 1.165) is 12.8 Å². The van der Waals surface area contributed by atoms with Crippen molar-refractivity contribution in [1.82, 2.24) is 0 Å². The van der Waals surface area contributed by atoms with E-state index in [1.807, 2.05) is 0 Å². The zero-order valence-corrected chi connectivity index (χ0v) is 10.3. The van der Waals surface area contributed by atoms with Gasteiger partial charge in [0.25, 0.3) is 0 Å². The van der Waals surface area contributed by atoms with Crippen molar-refractivity contribution in [2.24, 2.45) is 9.98 Å². The first kappa shape index (κ1) is 16.4. The first-order valence-electron chi connectivity index (χ1n) is 5.58. The molecule has 0 radical (unpaired) electrons. The molecule has 1 aromatic carbocycles. The van der Waals surface area contributed by atoms with Gasteiger partial charge >= 0.3 is 5.97 Å². The summed E-state index contributed by atoms with van der Waals surface area (Å²) in [6, 6.07) is 8.30. The van der Waals surface area contributed by atoms with Crippen LogP contribution in [0.2, 0.25) is 0 Å². The van der Waals surface area contributed by atoms with Crippen molar-refractivity contribution in [2.45, 2.75) is 12.8 Å². The normalized spacial score (nSPS) is 8.21. The van der Waals surface area contributed by atoms with E-state index in [0.29, 0.717) is 18.7 Å². The van der Waals surface area contributed by atoms with Crippen LogP contribution in [-0.2, 0) is 9.59 Å². The van der Waals surface area contributed by atoms with Crippen LogP contribution in [0.25, 0.3) is 0 Å². The SMILES string of the molecule is O=C(O)c1ccccc1.O=C=NCCCCN=C=O. The van der Waals surface area contributed by atoms with Crippen LogP contribution in [0.1, 0.15) is 23.2 Å². The molecule has 0 spiro atoms.